The molecule has 0 amide bonds. The van der Waals surface area contributed by atoms with E-state index in [2.05, 4.69) is 25.3 Å². The van der Waals surface area contributed by atoms with E-state index in [0.717, 1.165) is 17.1 Å². The molecular formula is C19H27F2IN4O2S. The lowest BCUT2D eigenvalue weighted by molar-refractivity contribution is -0.0504. The van der Waals surface area contributed by atoms with E-state index in [1.165, 1.54) is 18.1 Å². The quantitative estimate of drug-likeness (QED) is 0.283. The third kappa shape index (κ3) is 8.29. The number of aliphatic imine (C=N–C) groups is 1. The van der Waals surface area contributed by atoms with E-state index in [0.29, 0.717) is 30.4 Å². The number of benzene rings is 1. The van der Waals surface area contributed by atoms with E-state index in [9.17, 15) is 8.78 Å². The minimum absolute atomic E-state index is 0. The molecule has 1 aromatic heterocycles. The van der Waals surface area contributed by atoms with Gasteiger partial charge in [-0.15, -0.1) is 35.3 Å². The van der Waals surface area contributed by atoms with Crippen LogP contribution in [0.4, 0.5) is 8.78 Å². The molecule has 10 heteroatoms. The van der Waals surface area contributed by atoms with Crippen LogP contribution in [0.2, 0.25) is 0 Å². The maximum Gasteiger partial charge on any atom is 0.387 e. The molecule has 6 nitrogen and oxygen atoms in total. The van der Waals surface area contributed by atoms with Gasteiger partial charge in [0.1, 0.15) is 11.5 Å². The molecule has 162 valence electrons. The first kappa shape index (κ1) is 25.3. The van der Waals surface area contributed by atoms with Gasteiger partial charge in [-0.25, -0.2) is 9.98 Å². The third-order valence-corrected chi connectivity index (χ3v) is 5.01. The Morgan fingerprint density at radius 2 is 2.03 bits per heavy atom. The molecule has 0 bridgehead atoms. The van der Waals surface area contributed by atoms with Gasteiger partial charge in [-0.2, -0.15) is 8.78 Å². The van der Waals surface area contributed by atoms with Crippen LogP contribution in [0.3, 0.4) is 0 Å². The van der Waals surface area contributed by atoms with Gasteiger partial charge >= 0.3 is 6.61 Å². The summed E-state index contributed by atoms with van der Waals surface area (Å²) in [6, 6.07) is 4.69. The van der Waals surface area contributed by atoms with Gasteiger partial charge in [-0.05, 0) is 39.0 Å². The zero-order valence-electron chi connectivity index (χ0n) is 16.9. The Balaban J connectivity index is 0.00000420. The summed E-state index contributed by atoms with van der Waals surface area (Å²) in [6.45, 7) is 4.61. The highest BCUT2D eigenvalue weighted by Gasteiger charge is 2.11. The second-order valence-electron chi connectivity index (χ2n) is 5.97. The first-order chi connectivity index (χ1) is 13.4. The van der Waals surface area contributed by atoms with Gasteiger partial charge in [-0.1, -0.05) is 0 Å². The van der Waals surface area contributed by atoms with Crippen molar-refractivity contribution in [2.75, 3.05) is 20.2 Å². The van der Waals surface area contributed by atoms with Crippen molar-refractivity contribution >= 4 is 41.3 Å². The molecule has 0 radical (unpaired) electrons. The second-order valence-corrected chi connectivity index (χ2v) is 7.25. The number of guanidine groups is 1. The molecular weight excluding hydrogens is 513 g/mol. The van der Waals surface area contributed by atoms with Gasteiger partial charge in [0.25, 0.3) is 0 Å². The van der Waals surface area contributed by atoms with Gasteiger partial charge in [0.15, 0.2) is 5.96 Å². The SMILES string of the molecule is CCNC(=NCc1cc(OC)ccc1OC(F)F)NCCc1sc(C)nc1C.I. The topological polar surface area (TPSA) is 67.8 Å². The van der Waals surface area contributed by atoms with E-state index >= 15 is 0 Å². The standard InChI is InChI=1S/C19H26F2N4O2S.HI/c1-5-22-19(23-9-8-17-12(2)25-13(3)28-17)24-11-14-10-15(26-4)6-7-16(14)27-18(20)21;/h6-7,10,18H,5,8-9,11H2,1-4H3,(H2,22,23,24);1H. The summed E-state index contributed by atoms with van der Waals surface area (Å²) >= 11 is 1.69. The van der Waals surface area contributed by atoms with Crippen LogP contribution in [0.15, 0.2) is 23.2 Å². The number of aromatic nitrogens is 1. The average Bonchev–Trinajstić information content (AvgIpc) is 2.97. The van der Waals surface area contributed by atoms with E-state index in [4.69, 9.17) is 4.74 Å². The van der Waals surface area contributed by atoms with E-state index in [1.807, 2.05) is 20.8 Å². The van der Waals surface area contributed by atoms with Crippen molar-refractivity contribution < 1.29 is 18.3 Å². The molecule has 2 aromatic rings. The molecule has 0 fully saturated rings. The van der Waals surface area contributed by atoms with Crippen LogP contribution in [0, 0.1) is 13.8 Å². The smallest absolute Gasteiger partial charge is 0.387 e. The van der Waals surface area contributed by atoms with E-state index in [1.54, 1.807) is 23.5 Å². The monoisotopic (exact) mass is 540 g/mol. The minimum Gasteiger partial charge on any atom is -0.497 e. The molecule has 0 unspecified atom stereocenters. The number of methoxy groups -OCH3 is 1. The van der Waals surface area contributed by atoms with Crippen LogP contribution < -0.4 is 20.1 Å². The molecule has 29 heavy (non-hydrogen) atoms. The Morgan fingerprint density at radius 1 is 1.28 bits per heavy atom. The van der Waals surface area contributed by atoms with Crippen molar-refractivity contribution in [1.82, 2.24) is 15.6 Å². The van der Waals surface area contributed by atoms with Crippen LogP contribution in [0.25, 0.3) is 0 Å². The average molecular weight is 540 g/mol. The third-order valence-electron chi connectivity index (χ3n) is 3.88. The number of thiazole rings is 1. The molecule has 0 aliphatic carbocycles. The van der Waals surface area contributed by atoms with Crippen LogP contribution in [0.1, 0.15) is 28.1 Å². The van der Waals surface area contributed by atoms with Crippen molar-refractivity contribution in [2.24, 2.45) is 4.99 Å². The number of nitrogens with one attached hydrogen (secondary N) is 2. The summed E-state index contributed by atoms with van der Waals surface area (Å²) < 4.78 is 35.0. The van der Waals surface area contributed by atoms with Gasteiger partial charge < -0.3 is 20.1 Å². The number of halogens is 3. The van der Waals surface area contributed by atoms with Crippen LogP contribution >= 0.6 is 35.3 Å². The summed E-state index contributed by atoms with van der Waals surface area (Å²) in [5.41, 5.74) is 1.57. The number of alkyl halides is 2. The van der Waals surface area contributed by atoms with Crippen LogP contribution in [-0.4, -0.2) is 37.8 Å². The fraction of sp³-hybridized carbons (Fsp3) is 0.474. The predicted molar refractivity (Wildman–Crippen MR) is 123 cm³/mol. The Bertz CT molecular complexity index is 803. The predicted octanol–water partition coefficient (Wildman–Crippen LogP) is 4.29. The lowest BCUT2D eigenvalue weighted by atomic mass is 10.2. The lowest BCUT2D eigenvalue weighted by Crippen LogP contribution is -2.38. The normalized spacial score (nSPS) is 11.2. The highest BCUT2D eigenvalue weighted by atomic mass is 127. The number of hydrogen-bond acceptors (Lipinski definition) is 5. The largest absolute Gasteiger partial charge is 0.497 e. The van der Waals surface area contributed by atoms with Gasteiger partial charge in [0.2, 0.25) is 0 Å². The zero-order chi connectivity index (χ0) is 20.5. The fourth-order valence-corrected chi connectivity index (χ4v) is 3.56. The summed E-state index contributed by atoms with van der Waals surface area (Å²) in [7, 11) is 1.52. The Morgan fingerprint density at radius 3 is 2.62 bits per heavy atom. The molecule has 0 saturated heterocycles. The van der Waals surface area contributed by atoms with Crippen LogP contribution in [0.5, 0.6) is 11.5 Å². The Kier molecular flexibility index (Phi) is 11.2. The highest BCUT2D eigenvalue weighted by molar-refractivity contribution is 14.0. The molecule has 0 spiro atoms. The van der Waals surface area contributed by atoms with Gasteiger partial charge in [0, 0.05) is 30.0 Å². The first-order valence-electron chi connectivity index (χ1n) is 8.99. The summed E-state index contributed by atoms with van der Waals surface area (Å²) in [5, 5.41) is 7.47. The number of aryl methyl sites for hydroxylation is 2. The molecule has 2 N–H and O–H groups in total. The van der Waals surface area contributed by atoms with E-state index < -0.39 is 6.61 Å². The Hall–Kier alpha value is -1.69. The van der Waals surface area contributed by atoms with Crippen molar-refractivity contribution in [2.45, 2.75) is 40.3 Å². The maximum atomic E-state index is 12.6. The molecule has 1 aromatic carbocycles. The summed E-state index contributed by atoms with van der Waals surface area (Å²) in [5.74, 6) is 1.25. The number of ether oxygens (including phenoxy) is 2. The Labute approximate surface area is 191 Å². The van der Waals surface area contributed by atoms with Crippen molar-refractivity contribution in [3.05, 3.63) is 39.3 Å². The molecule has 0 aliphatic heterocycles. The molecule has 0 atom stereocenters. The first-order valence-corrected chi connectivity index (χ1v) is 9.81. The summed E-state index contributed by atoms with van der Waals surface area (Å²) in [4.78, 5) is 10.2. The molecule has 0 saturated carbocycles. The van der Waals surface area contributed by atoms with Gasteiger partial charge in [-0.3, -0.25) is 0 Å². The molecule has 1 heterocycles. The minimum atomic E-state index is -2.89. The molecule has 0 aliphatic rings. The molecule has 2 rings (SSSR count). The van der Waals surface area contributed by atoms with Crippen molar-refractivity contribution in [3.63, 3.8) is 0 Å². The number of hydrogen-bond donors (Lipinski definition) is 2. The maximum absolute atomic E-state index is 12.6. The van der Waals surface area contributed by atoms with Crippen molar-refractivity contribution in [3.8, 4) is 11.5 Å². The zero-order valence-corrected chi connectivity index (χ0v) is 20.1. The van der Waals surface area contributed by atoms with E-state index in [-0.39, 0.29) is 36.3 Å². The number of nitrogens with zero attached hydrogens (tertiary/aromatic N) is 2. The lowest BCUT2D eigenvalue weighted by Gasteiger charge is -2.13. The second kappa shape index (κ2) is 12.8. The van der Waals surface area contributed by atoms with Crippen molar-refractivity contribution in [1.29, 1.82) is 0 Å². The summed E-state index contributed by atoms with van der Waals surface area (Å²) in [6.07, 6.45) is 0.834. The highest BCUT2D eigenvalue weighted by Crippen LogP contribution is 2.26. The van der Waals surface area contributed by atoms with Crippen LogP contribution in [-0.2, 0) is 13.0 Å². The van der Waals surface area contributed by atoms with Gasteiger partial charge in [0.05, 0.1) is 24.4 Å². The number of rotatable bonds is 9. The fourth-order valence-electron chi connectivity index (χ4n) is 2.62.